The van der Waals surface area contributed by atoms with E-state index in [1.165, 1.54) is 16.0 Å². The number of aromatic nitrogens is 4. The lowest BCUT2D eigenvalue weighted by atomic mass is 10.0. The van der Waals surface area contributed by atoms with Crippen LogP contribution in [0.5, 0.6) is 0 Å². The lowest BCUT2D eigenvalue weighted by molar-refractivity contribution is -0.137. The Kier molecular flexibility index (Phi) is 9.16. The summed E-state index contributed by atoms with van der Waals surface area (Å²) in [6.45, 7) is 13.0. The van der Waals surface area contributed by atoms with Gasteiger partial charge >= 0.3 is 5.97 Å². The summed E-state index contributed by atoms with van der Waals surface area (Å²) in [7, 11) is 0. The number of hydrogen-bond acceptors (Lipinski definition) is 12. The van der Waals surface area contributed by atoms with Crippen LogP contribution in [-0.2, 0) is 9.53 Å². The Hall–Kier alpha value is -5.92. The number of fused-ring (bicyclic) bond motifs is 1. The van der Waals surface area contributed by atoms with Gasteiger partial charge in [0, 0.05) is 17.3 Å². The van der Waals surface area contributed by atoms with Crippen molar-refractivity contribution in [3.63, 3.8) is 0 Å². The van der Waals surface area contributed by atoms with Crippen LogP contribution in [0.3, 0.4) is 0 Å². The first kappa shape index (κ1) is 31.5. The summed E-state index contributed by atoms with van der Waals surface area (Å²) in [5.74, 6) is 0.151. The maximum Gasteiger partial charge on any atom is 0.330 e. The van der Waals surface area contributed by atoms with E-state index < -0.39 is 5.97 Å². The third-order valence-electron chi connectivity index (χ3n) is 7.01. The van der Waals surface area contributed by atoms with Crippen LogP contribution in [0.4, 0.5) is 28.8 Å². The van der Waals surface area contributed by atoms with Gasteiger partial charge in [-0.1, -0.05) is 47.7 Å². The molecule has 5 aromatic rings. The fourth-order valence-electron chi connectivity index (χ4n) is 4.85. The topological polar surface area (TPSA) is 166 Å². The molecule has 12 nitrogen and oxygen atoms in total. The zero-order valence-electron chi connectivity index (χ0n) is 25.9. The Morgan fingerprint density at radius 2 is 1.85 bits per heavy atom. The largest absolute Gasteiger partial charge is 0.460 e. The molecule has 0 aliphatic heterocycles. The van der Waals surface area contributed by atoms with Crippen molar-refractivity contribution in [2.24, 2.45) is 10.2 Å². The number of benzene rings is 2. The highest BCUT2D eigenvalue weighted by atomic mass is 32.1. The first-order valence-electron chi connectivity index (χ1n) is 14.2. The van der Waals surface area contributed by atoms with E-state index >= 15 is 0 Å². The summed E-state index contributed by atoms with van der Waals surface area (Å²) in [6, 6.07) is 15.8. The smallest absolute Gasteiger partial charge is 0.330 e. The summed E-state index contributed by atoms with van der Waals surface area (Å²) in [4.78, 5) is 21.0. The fourth-order valence-corrected chi connectivity index (χ4v) is 5.75. The second-order valence-corrected chi connectivity index (χ2v) is 11.6. The van der Waals surface area contributed by atoms with Crippen molar-refractivity contribution in [3.8, 4) is 17.3 Å². The van der Waals surface area contributed by atoms with Crippen molar-refractivity contribution in [2.45, 2.75) is 40.7 Å². The van der Waals surface area contributed by atoms with Crippen LogP contribution in [0.15, 0.2) is 65.5 Å². The first-order valence-corrected chi connectivity index (χ1v) is 15.1. The maximum absolute atomic E-state index is 11.6. The average molecular weight is 631 g/mol. The van der Waals surface area contributed by atoms with Gasteiger partial charge in [0.05, 0.1) is 28.0 Å². The summed E-state index contributed by atoms with van der Waals surface area (Å²) in [5.41, 5.74) is 5.98. The van der Waals surface area contributed by atoms with Gasteiger partial charge in [0.15, 0.2) is 5.82 Å². The van der Waals surface area contributed by atoms with Gasteiger partial charge in [0.25, 0.3) is 0 Å². The first-order chi connectivity index (χ1) is 22.1. The molecular formula is C33H30N10O2S. The van der Waals surface area contributed by atoms with Gasteiger partial charge in [-0.2, -0.15) is 10.5 Å². The number of anilines is 3. The van der Waals surface area contributed by atoms with Crippen molar-refractivity contribution in [1.29, 1.82) is 10.5 Å². The molecule has 0 spiro atoms. The molecule has 0 saturated heterocycles. The number of carbonyl (C=O) groups is 1. The van der Waals surface area contributed by atoms with Crippen LogP contribution < -0.4 is 10.6 Å². The zero-order valence-corrected chi connectivity index (χ0v) is 26.7. The van der Waals surface area contributed by atoms with Crippen molar-refractivity contribution in [1.82, 2.24) is 19.7 Å². The summed E-state index contributed by atoms with van der Waals surface area (Å²) < 4.78 is 7.66. The number of nitrogens with zero attached hydrogens (tertiary/aromatic N) is 8. The molecule has 0 amide bonds. The lowest BCUT2D eigenvalue weighted by Crippen LogP contribution is -2.24. The number of thiazole rings is 1. The number of pyridine rings is 1. The summed E-state index contributed by atoms with van der Waals surface area (Å²) in [6.07, 6.45) is 2.65. The minimum atomic E-state index is -0.552. The molecule has 0 radical (unpaired) electrons. The minimum Gasteiger partial charge on any atom is -0.460 e. The molecule has 46 heavy (non-hydrogen) atoms. The molecule has 1 unspecified atom stereocenters. The Morgan fingerprint density at radius 1 is 1.11 bits per heavy atom. The quantitative estimate of drug-likeness (QED) is 0.0900. The number of esters is 1. The monoisotopic (exact) mass is 630 g/mol. The summed E-state index contributed by atoms with van der Waals surface area (Å²) >= 11 is 1.44. The molecule has 2 aromatic carbocycles. The minimum absolute atomic E-state index is 0.0328. The van der Waals surface area contributed by atoms with Crippen LogP contribution >= 0.6 is 11.3 Å². The van der Waals surface area contributed by atoms with Crippen LogP contribution in [0.2, 0.25) is 0 Å². The zero-order chi connectivity index (χ0) is 33.0. The Bertz CT molecular complexity index is 2040. The third kappa shape index (κ3) is 6.60. The number of carbonyl (C=O) groups excluding carboxylic acids is 1. The van der Waals surface area contributed by atoms with Crippen molar-refractivity contribution < 1.29 is 9.53 Å². The third-order valence-corrected chi connectivity index (χ3v) is 8.04. The molecule has 2 N–H and O–H groups in total. The average Bonchev–Trinajstić information content (AvgIpc) is 3.65. The SMILES string of the molecule is C=CC(=O)OCC(C)Nc1nc(Nc2c(C)cc(C)cc2C)c(N=Nc2nn(-c3nc4ccccc4s3)cc2C#N)c(C)c1C#N. The Labute approximate surface area is 269 Å². The van der Waals surface area contributed by atoms with Gasteiger partial charge in [-0.15, -0.1) is 15.3 Å². The number of para-hydroxylation sites is 1. The number of aryl methyl sites for hydroxylation is 3. The van der Waals surface area contributed by atoms with Gasteiger partial charge in [-0.25, -0.2) is 19.4 Å². The lowest BCUT2D eigenvalue weighted by Gasteiger charge is -2.20. The van der Waals surface area contributed by atoms with E-state index in [4.69, 9.17) is 9.72 Å². The number of nitrogens with one attached hydrogen (secondary N) is 2. The number of hydrogen-bond donors (Lipinski definition) is 2. The van der Waals surface area contributed by atoms with Crippen molar-refractivity contribution >= 4 is 56.4 Å². The second kappa shape index (κ2) is 13.4. The highest BCUT2D eigenvalue weighted by molar-refractivity contribution is 7.20. The predicted molar refractivity (Wildman–Crippen MR) is 177 cm³/mol. The van der Waals surface area contributed by atoms with Gasteiger partial charge < -0.3 is 15.4 Å². The molecule has 0 fully saturated rings. The Morgan fingerprint density at radius 3 is 2.52 bits per heavy atom. The molecule has 0 bridgehead atoms. The van der Waals surface area contributed by atoms with E-state index in [9.17, 15) is 15.3 Å². The van der Waals surface area contributed by atoms with Gasteiger partial charge in [0.1, 0.15) is 35.8 Å². The van der Waals surface area contributed by atoms with Gasteiger partial charge in [-0.05, 0) is 57.9 Å². The maximum atomic E-state index is 11.6. The molecule has 3 heterocycles. The number of rotatable bonds is 10. The molecule has 230 valence electrons. The molecular weight excluding hydrogens is 600 g/mol. The number of nitriles is 2. The molecule has 5 rings (SSSR count). The number of ether oxygens (including phenoxy) is 1. The van der Waals surface area contributed by atoms with Crippen LogP contribution in [0, 0.1) is 50.4 Å². The standard InChI is InChI=1S/C33H30N10O2S/c1-7-27(44)45-17-21(5)36-31-24(15-35)22(6)29(32(39-31)38-28-19(3)12-18(2)13-20(28)4)40-41-30-23(14-34)16-43(42-30)33-37-25-10-8-9-11-26(25)46-33/h7-13,16,21H,1,17H2,2-6H3,(H2,36,38,39). The van der Waals surface area contributed by atoms with Crippen molar-refractivity contribution in [2.75, 3.05) is 17.2 Å². The number of azo groups is 1. The van der Waals surface area contributed by atoms with Crippen molar-refractivity contribution in [3.05, 3.63) is 88.6 Å². The molecule has 0 aliphatic rings. The van der Waals surface area contributed by atoms with Crippen LogP contribution in [-0.4, -0.2) is 38.4 Å². The van der Waals surface area contributed by atoms with E-state index in [1.54, 1.807) is 20.0 Å². The van der Waals surface area contributed by atoms with Crippen LogP contribution in [0.25, 0.3) is 15.3 Å². The molecule has 3 aromatic heterocycles. The second-order valence-electron chi connectivity index (χ2n) is 10.6. The highest BCUT2D eigenvalue weighted by Crippen LogP contribution is 2.38. The highest BCUT2D eigenvalue weighted by Gasteiger charge is 2.21. The molecule has 1 atom stereocenters. The predicted octanol–water partition coefficient (Wildman–Crippen LogP) is 7.54. The van der Waals surface area contributed by atoms with E-state index in [2.05, 4.69) is 61.8 Å². The molecule has 13 heteroatoms. The molecule has 0 saturated carbocycles. The fraction of sp³-hybridized carbons (Fsp3) is 0.212. The van der Waals surface area contributed by atoms with E-state index in [0.29, 0.717) is 22.2 Å². The van der Waals surface area contributed by atoms with E-state index in [1.807, 2.05) is 45.0 Å². The van der Waals surface area contributed by atoms with Crippen LogP contribution in [0.1, 0.15) is 40.3 Å². The van der Waals surface area contributed by atoms with E-state index in [0.717, 1.165) is 38.7 Å². The normalized spacial score (nSPS) is 11.6. The Balaban J connectivity index is 1.58. The van der Waals surface area contributed by atoms with Gasteiger partial charge in [-0.3, -0.25) is 0 Å². The molecule has 0 aliphatic carbocycles. The van der Waals surface area contributed by atoms with E-state index in [-0.39, 0.29) is 35.4 Å². The summed E-state index contributed by atoms with van der Waals surface area (Å²) in [5, 5.41) is 40.6. The van der Waals surface area contributed by atoms with Gasteiger partial charge in [0.2, 0.25) is 10.9 Å².